The number of hydrogen-bond acceptors (Lipinski definition) is 6. The van der Waals surface area contributed by atoms with Crippen LogP contribution in [0.1, 0.15) is 23.6 Å². The Kier molecular flexibility index (Phi) is 3.18. The lowest BCUT2D eigenvalue weighted by atomic mass is 9.96. The molecule has 1 aliphatic rings. The van der Waals surface area contributed by atoms with Crippen LogP contribution in [0.4, 0.5) is 0 Å². The predicted molar refractivity (Wildman–Crippen MR) is 80.1 cm³/mol. The summed E-state index contributed by atoms with van der Waals surface area (Å²) in [6.45, 7) is 0. The molecule has 2 aromatic carbocycles. The Balaban J connectivity index is 2.45. The van der Waals surface area contributed by atoms with Gasteiger partial charge in [0.2, 0.25) is 11.2 Å². The van der Waals surface area contributed by atoms with Gasteiger partial charge >= 0.3 is 0 Å². The van der Waals surface area contributed by atoms with Crippen LogP contribution in [-0.4, -0.2) is 20.4 Å². The van der Waals surface area contributed by atoms with Crippen LogP contribution in [0.15, 0.2) is 29.1 Å². The maximum atomic E-state index is 11.8. The molecule has 6 nitrogen and oxygen atoms in total. The van der Waals surface area contributed by atoms with E-state index in [1.807, 2.05) is 0 Å². The molecule has 0 aromatic heterocycles. The highest BCUT2D eigenvalue weighted by Crippen LogP contribution is 2.48. The van der Waals surface area contributed by atoms with Gasteiger partial charge in [0.15, 0.2) is 17.2 Å². The van der Waals surface area contributed by atoms with Gasteiger partial charge in [0, 0.05) is 11.6 Å². The van der Waals surface area contributed by atoms with Gasteiger partial charge in [-0.3, -0.25) is 4.79 Å². The third-order valence-electron chi connectivity index (χ3n) is 3.99. The normalized spacial score (nSPS) is 16.5. The van der Waals surface area contributed by atoms with Gasteiger partial charge in [-0.25, -0.2) is 0 Å². The van der Waals surface area contributed by atoms with E-state index in [1.165, 1.54) is 24.3 Å². The van der Waals surface area contributed by atoms with E-state index in [0.717, 1.165) is 0 Å². The van der Waals surface area contributed by atoms with Crippen molar-refractivity contribution in [1.29, 1.82) is 0 Å². The highest BCUT2D eigenvalue weighted by atomic mass is 16.3. The predicted octanol–water partition coefficient (Wildman–Crippen LogP) is 1.48. The summed E-state index contributed by atoms with van der Waals surface area (Å²) in [6, 6.07) is 4.86. The van der Waals surface area contributed by atoms with Gasteiger partial charge in [0.1, 0.15) is 0 Å². The van der Waals surface area contributed by atoms with E-state index in [9.17, 15) is 25.2 Å². The van der Waals surface area contributed by atoms with Crippen molar-refractivity contribution in [3.63, 3.8) is 0 Å². The molecule has 3 rings (SSSR count). The first-order valence-corrected chi connectivity index (χ1v) is 6.80. The van der Waals surface area contributed by atoms with Crippen molar-refractivity contribution in [2.75, 3.05) is 0 Å². The van der Waals surface area contributed by atoms with Crippen LogP contribution < -0.4 is 11.2 Å². The second kappa shape index (κ2) is 4.92. The summed E-state index contributed by atoms with van der Waals surface area (Å²) in [5, 5.41) is 39.3. The van der Waals surface area contributed by atoms with Crippen LogP contribution in [0.5, 0.6) is 23.0 Å². The molecule has 0 amide bonds. The van der Waals surface area contributed by atoms with Crippen LogP contribution in [0.3, 0.4) is 0 Å². The van der Waals surface area contributed by atoms with Gasteiger partial charge < -0.3 is 26.2 Å². The van der Waals surface area contributed by atoms with E-state index in [0.29, 0.717) is 35.1 Å². The minimum atomic E-state index is -0.627. The van der Waals surface area contributed by atoms with Crippen molar-refractivity contribution < 1.29 is 20.4 Å². The maximum absolute atomic E-state index is 11.8. The quantitative estimate of drug-likeness (QED) is 0.469. The zero-order valence-corrected chi connectivity index (χ0v) is 11.6. The molecule has 0 unspecified atom stereocenters. The number of benzene rings is 1. The molecule has 0 saturated heterocycles. The molecule has 6 N–H and O–H groups in total. The van der Waals surface area contributed by atoms with Crippen molar-refractivity contribution in [3.05, 3.63) is 45.6 Å². The van der Waals surface area contributed by atoms with Gasteiger partial charge in [-0.15, -0.1) is 0 Å². The molecule has 114 valence electrons. The Bertz CT molecular complexity index is 832. The van der Waals surface area contributed by atoms with E-state index in [1.54, 1.807) is 0 Å². The largest absolute Gasteiger partial charge is 0.504 e. The SMILES string of the molecule is N[C@H]1CCc2cc(O)c(O)c(O)c2-c2ccc(O)c(=O)cc21. The number of fused-ring (bicyclic) bond motifs is 3. The van der Waals surface area contributed by atoms with Gasteiger partial charge in [-0.1, -0.05) is 6.07 Å². The number of phenols is 3. The summed E-state index contributed by atoms with van der Waals surface area (Å²) >= 11 is 0. The molecule has 0 bridgehead atoms. The molecular formula is C16H15NO5. The molecule has 1 aliphatic carbocycles. The zero-order chi connectivity index (χ0) is 16.0. The van der Waals surface area contributed by atoms with Crippen molar-refractivity contribution in [2.24, 2.45) is 5.73 Å². The number of nitrogens with two attached hydrogens (primary N) is 1. The van der Waals surface area contributed by atoms with Crippen molar-refractivity contribution in [3.8, 4) is 34.1 Å². The topological polar surface area (TPSA) is 124 Å². The van der Waals surface area contributed by atoms with Crippen molar-refractivity contribution in [2.45, 2.75) is 18.9 Å². The second-order valence-corrected chi connectivity index (χ2v) is 5.37. The molecular weight excluding hydrogens is 286 g/mol. The number of aromatic hydroxyl groups is 4. The molecule has 0 radical (unpaired) electrons. The van der Waals surface area contributed by atoms with E-state index in [4.69, 9.17) is 5.73 Å². The van der Waals surface area contributed by atoms with E-state index >= 15 is 0 Å². The lowest BCUT2D eigenvalue weighted by molar-refractivity contribution is 0.368. The fourth-order valence-corrected chi connectivity index (χ4v) is 2.83. The molecule has 0 fully saturated rings. The maximum Gasteiger partial charge on any atom is 0.220 e. The molecule has 0 saturated carbocycles. The highest BCUT2D eigenvalue weighted by molar-refractivity contribution is 5.81. The molecule has 0 heterocycles. The second-order valence-electron chi connectivity index (χ2n) is 5.37. The molecule has 2 aromatic rings. The molecule has 1 atom stereocenters. The van der Waals surface area contributed by atoms with Gasteiger partial charge in [-0.2, -0.15) is 0 Å². The summed E-state index contributed by atoms with van der Waals surface area (Å²) in [6.07, 6.45) is 0.963. The first-order valence-electron chi connectivity index (χ1n) is 6.80. The third kappa shape index (κ3) is 2.05. The summed E-state index contributed by atoms with van der Waals surface area (Å²) in [4.78, 5) is 11.8. The summed E-state index contributed by atoms with van der Waals surface area (Å²) in [5.41, 5.74) is 7.38. The minimum absolute atomic E-state index is 0.313. The fraction of sp³-hybridized carbons (Fsp3) is 0.188. The number of hydrogen-bond donors (Lipinski definition) is 5. The Hall–Kier alpha value is -2.73. The smallest absolute Gasteiger partial charge is 0.220 e. The Morgan fingerprint density at radius 1 is 1.00 bits per heavy atom. The van der Waals surface area contributed by atoms with Gasteiger partial charge in [-0.05, 0) is 47.7 Å². The minimum Gasteiger partial charge on any atom is -0.504 e. The monoisotopic (exact) mass is 301 g/mol. The Morgan fingerprint density at radius 3 is 2.45 bits per heavy atom. The number of rotatable bonds is 0. The van der Waals surface area contributed by atoms with E-state index in [-0.39, 0.29) is 0 Å². The highest BCUT2D eigenvalue weighted by Gasteiger charge is 2.25. The Morgan fingerprint density at radius 2 is 1.73 bits per heavy atom. The van der Waals surface area contributed by atoms with Crippen molar-refractivity contribution >= 4 is 0 Å². The average Bonchev–Trinajstić information content (AvgIpc) is 2.70. The van der Waals surface area contributed by atoms with E-state index in [2.05, 4.69) is 0 Å². The Labute approximate surface area is 125 Å². The van der Waals surface area contributed by atoms with Crippen LogP contribution in [0.2, 0.25) is 0 Å². The van der Waals surface area contributed by atoms with Crippen LogP contribution >= 0.6 is 0 Å². The molecule has 22 heavy (non-hydrogen) atoms. The van der Waals surface area contributed by atoms with Gasteiger partial charge in [0.25, 0.3) is 0 Å². The summed E-state index contributed by atoms with van der Waals surface area (Å²) < 4.78 is 0. The lowest BCUT2D eigenvalue weighted by Gasteiger charge is -2.13. The summed E-state index contributed by atoms with van der Waals surface area (Å²) in [7, 11) is 0. The first kappa shape index (κ1) is 14.2. The lowest BCUT2D eigenvalue weighted by Crippen LogP contribution is -2.11. The van der Waals surface area contributed by atoms with Crippen molar-refractivity contribution in [1.82, 2.24) is 0 Å². The molecule has 0 spiro atoms. The number of phenolic OH excluding ortho intramolecular Hbond substituents is 3. The van der Waals surface area contributed by atoms with Crippen LogP contribution in [0.25, 0.3) is 11.1 Å². The summed E-state index contributed by atoms with van der Waals surface area (Å²) in [5.74, 6) is -1.94. The standard InChI is InChI=1S/C16H15NO5/c17-10-3-1-7-5-13(20)15(21)16(22)14(7)8-2-4-11(18)12(19)6-9(8)10/h2,4-6,10,20-22H,1,3,17H2,(H,18,19)/t10-/m0/s1. The first-order chi connectivity index (χ1) is 10.4. The fourth-order valence-electron chi connectivity index (χ4n) is 2.83. The average molecular weight is 301 g/mol. The number of aryl methyl sites for hydroxylation is 1. The molecule has 6 heteroatoms. The van der Waals surface area contributed by atoms with Crippen LogP contribution in [0, 0.1) is 0 Å². The van der Waals surface area contributed by atoms with E-state index < -0.39 is 34.5 Å². The molecule has 0 aliphatic heterocycles. The van der Waals surface area contributed by atoms with Gasteiger partial charge in [0.05, 0.1) is 0 Å². The van der Waals surface area contributed by atoms with Crippen LogP contribution in [-0.2, 0) is 6.42 Å². The zero-order valence-electron chi connectivity index (χ0n) is 11.6. The third-order valence-corrected chi connectivity index (χ3v) is 3.99.